The molecule has 0 unspecified atom stereocenters. The SMILES string of the molecule is C[C@@H](Oc1ccc(-n2cnnn2)cc1)C(=O)N1CCCC[C@@H]1CCN1CCCC1. The van der Waals surface area contributed by atoms with Crippen molar-refractivity contribution >= 4 is 5.91 Å². The molecule has 156 valence electrons. The van der Waals surface area contributed by atoms with Gasteiger partial charge in [-0.15, -0.1) is 5.10 Å². The number of amides is 1. The van der Waals surface area contributed by atoms with E-state index in [9.17, 15) is 4.79 Å². The van der Waals surface area contributed by atoms with Gasteiger partial charge in [0.1, 0.15) is 12.1 Å². The van der Waals surface area contributed by atoms with Gasteiger partial charge in [-0.2, -0.15) is 0 Å². The molecule has 0 bridgehead atoms. The molecule has 8 nitrogen and oxygen atoms in total. The Morgan fingerprint density at radius 1 is 1.14 bits per heavy atom. The van der Waals surface area contributed by atoms with Crippen LogP contribution in [0.4, 0.5) is 0 Å². The minimum atomic E-state index is -0.499. The van der Waals surface area contributed by atoms with Gasteiger partial charge in [-0.1, -0.05) is 0 Å². The average Bonchev–Trinajstić information content (AvgIpc) is 3.47. The number of hydrogen-bond donors (Lipinski definition) is 0. The molecule has 2 aliphatic heterocycles. The van der Waals surface area contributed by atoms with Crippen molar-refractivity contribution in [2.75, 3.05) is 26.2 Å². The van der Waals surface area contributed by atoms with E-state index in [-0.39, 0.29) is 5.91 Å². The van der Waals surface area contributed by atoms with E-state index in [0.717, 1.165) is 38.0 Å². The number of aromatic nitrogens is 4. The van der Waals surface area contributed by atoms with E-state index in [1.165, 1.54) is 32.4 Å². The Labute approximate surface area is 171 Å². The van der Waals surface area contributed by atoms with Crippen molar-refractivity contribution in [2.24, 2.45) is 0 Å². The smallest absolute Gasteiger partial charge is 0.263 e. The molecule has 0 spiro atoms. The van der Waals surface area contributed by atoms with Crippen LogP contribution in [-0.2, 0) is 4.79 Å². The summed E-state index contributed by atoms with van der Waals surface area (Å²) in [6, 6.07) is 7.79. The van der Waals surface area contributed by atoms with E-state index in [0.29, 0.717) is 11.8 Å². The summed E-state index contributed by atoms with van der Waals surface area (Å²) in [5, 5.41) is 11.2. The zero-order valence-electron chi connectivity index (χ0n) is 17.1. The summed E-state index contributed by atoms with van der Waals surface area (Å²) in [4.78, 5) is 17.7. The molecule has 2 atom stereocenters. The molecule has 0 saturated carbocycles. The van der Waals surface area contributed by atoms with E-state index < -0.39 is 6.10 Å². The molecule has 29 heavy (non-hydrogen) atoms. The van der Waals surface area contributed by atoms with Crippen LogP contribution in [0.25, 0.3) is 5.69 Å². The number of carbonyl (C=O) groups excluding carboxylic acids is 1. The number of likely N-dealkylation sites (tertiary alicyclic amines) is 2. The lowest BCUT2D eigenvalue weighted by atomic mass is 9.98. The highest BCUT2D eigenvalue weighted by Crippen LogP contribution is 2.23. The van der Waals surface area contributed by atoms with Crippen LogP contribution in [0, 0.1) is 0 Å². The van der Waals surface area contributed by atoms with Gasteiger partial charge >= 0.3 is 0 Å². The number of ether oxygens (including phenoxy) is 1. The number of rotatable bonds is 7. The van der Waals surface area contributed by atoms with Gasteiger partial charge < -0.3 is 14.5 Å². The van der Waals surface area contributed by atoms with Gasteiger partial charge in [-0.3, -0.25) is 4.79 Å². The van der Waals surface area contributed by atoms with Crippen LogP contribution >= 0.6 is 0 Å². The van der Waals surface area contributed by atoms with Gasteiger partial charge in [-0.25, -0.2) is 4.68 Å². The summed E-state index contributed by atoms with van der Waals surface area (Å²) >= 11 is 0. The summed E-state index contributed by atoms with van der Waals surface area (Å²) in [7, 11) is 0. The molecule has 2 saturated heterocycles. The number of piperidine rings is 1. The Kier molecular flexibility index (Phi) is 6.39. The van der Waals surface area contributed by atoms with E-state index in [1.807, 2.05) is 31.2 Å². The van der Waals surface area contributed by atoms with E-state index in [1.54, 1.807) is 11.0 Å². The monoisotopic (exact) mass is 398 g/mol. The van der Waals surface area contributed by atoms with Crippen molar-refractivity contribution in [1.82, 2.24) is 30.0 Å². The first-order valence-electron chi connectivity index (χ1n) is 10.7. The molecule has 2 fully saturated rings. The lowest BCUT2D eigenvalue weighted by molar-refractivity contribution is -0.142. The molecule has 3 heterocycles. The number of benzene rings is 1. The first kappa shape index (κ1) is 19.8. The Hall–Kier alpha value is -2.48. The van der Waals surface area contributed by atoms with E-state index >= 15 is 0 Å². The fraction of sp³-hybridized carbons (Fsp3) is 0.619. The van der Waals surface area contributed by atoms with Crippen LogP contribution in [0.2, 0.25) is 0 Å². The van der Waals surface area contributed by atoms with Crippen LogP contribution in [-0.4, -0.2) is 74.2 Å². The summed E-state index contributed by atoms with van der Waals surface area (Å²) in [5.41, 5.74) is 0.847. The lowest BCUT2D eigenvalue weighted by Gasteiger charge is -2.38. The molecule has 0 aliphatic carbocycles. The van der Waals surface area contributed by atoms with Gasteiger partial charge in [0.05, 0.1) is 5.69 Å². The molecule has 1 aromatic carbocycles. The maximum atomic E-state index is 13.1. The minimum Gasteiger partial charge on any atom is -0.481 e. The van der Waals surface area contributed by atoms with Crippen molar-refractivity contribution < 1.29 is 9.53 Å². The molecule has 8 heteroatoms. The molecule has 2 aliphatic rings. The summed E-state index contributed by atoms with van der Waals surface area (Å²) in [6.45, 7) is 6.21. The zero-order valence-corrected chi connectivity index (χ0v) is 17.1. The third kappa shape index (κ3) is 4.93. The van der Waals surface area contributed by atoms with Crippen LogP contribution in [0.15, 0.2) is 30.6 Å². The molecule has 4 rings (SSSR count). The fourth-order valence-corrected chi connectivity index (χ4v) is 4.37. The third-order valence-corrected chi connectivity index (χ3v) is 6.00. The minimum absolute atomic E-state index is 0.0978. The van der Waals surface area contributed by atoms with Gasteiger partial charge in [0.25, 0.3) is 5.91 Å². The topological polar surface area (TPSA) is 76.4 Å². The van der Waals surface area contributed by atoms with Gasteiger partial charge in [-0.05, 0) is 93.2 Å². The second kappa shape index (κ2) is 9.35. The van der Waals surface area contributed by atoms with E-state index in [4.69, 9.17) is 4.74 Å². The predicted molar refractivity (Wildman–Crippen MR) is 109 cm³/mol. The summed E-state index contributed by atoms with van der Waals surface area (Å²) in [5.74, 6) is 0.772. The van der Waals surface area contributed by atoms with Crippen LogP contribution < -0.4 is 4.74 Å². The highest BCUT2D eigenvalue weighted by Gasteiger charge is 2.31. The van der Waals surface area contributed by atoms with Gasteiger partial charge in [0.15, 0.2) is 6.10 Å². The number of tetrazole rings is 1. The maximum Gasteiger partial charge on any atom is 0.263 e. The second-order valence-electron chi connectivity index (χ2n) is 8.03. The first-order valence-corrected chi connectivity index (χ1v) is 10.7. The summed E-state index contributed by atoms with van der Waals surface area (Å²) < 4.78 is 7.55. The maximum absolute atomic E-state index is 13.1. The Bertz CT molecular complexity index is 773. The Morgan fingerprint density at radius 2 is 1.90 bits per heavy atom. The lowest BCUT2D eigenvalue weighted by Crippen LogP contribution is -2.49. The molecule has 1 amide bonds. The standard InChI is InChI=1S/C21H30N6O2/c1-17(29-20-9-7-19(8-10-20)27-16-22-23-24-27)21(28)26-14-3-2-6-18(26)11-15-25-12-4-5-13-25/h7-10,16-18H,2-6,11-15H2,1H3/t17-,18-/m1/s1. The second-order valence-corrected chi connectivity index (χ2v) is 8.03. The Balaban J connectivity index is 1.34. The van der Waals surface area contributed by atoms with Crippen LogP contribution in [0.3, 0.4) is 0 Å². The third-order valence-electron chi connectivity index (χ3n) is 6.00. The molecule has 0 radical (unpaired) electrons. The largest absolute Gasteiger partial charge is 0.481 e. The van der Waals surface area contributed by atoms with Gasteiger partial charge in [0.2, 0.25) is 0 Å². The molecule has 2 aromatic rings. The number of hydrogen-bond acceptors (Lipinski definition) is 6. The first-order chi connectivity index (χ1) is 14.2. The quantitative estimate of drug-likeness (QED) is 0.712. The molecular weight excluding hydrogens is 368 g/mol. The van der Waals surface area contributed by atoms with Crippen molar-refractivity contribution in [2.45, 2.75) is 57.6 Å². The van der Waals surface area contributed by atoms with E-state index in [2.05, 4.69) is 25.3 Å². The average molecular weight is 399 g/mol. The van der Waals surface area contributed by atoms with Crippen LogP contribution in [0.5, 0.6) is 5.75 Å². The van der Waals surface area contributed by atoms with Crippen molar-refractivity contribution in [1.29, 1.82) is 0 Å². The number of carbonyl (C=O) groups is 1. The highest BCUT2D eigenvalue weighted by molar-refractivity contribution is 5.81. The van der Waals surface area contributed by atoms with Crippen LogP contribution in [0.1, 0.15) is 45.4 Å². The molecule has 1 aromatic heterocycles. The van der Waals surface area contributed by atoms with Crippen molar-refractivity contribution in [3.8, 4) is 11.4 Å². The van der Waals surface area contributed by atoms with Crippen molar-refractivity contribution in [3.63, 3.8) is 0 Å². The molecule has 0 N–H and O–H groups in total. The fourth-order valence-electron chi connectivity index (χ4n) is 4.37. The highest BCUT2D eigenvalue weighted by atomic mass is 16.5. The number of nitrogens with zero attached hydrogens (tertiary/aromatic N) is 6. The Morgan fingerprint density at radius 3 is 2.62 bits per heavy atom. The van der Waals surface area contributed by atoms with Crippen molar-refractivity contribution in [3.05, 3.63) is 30.6 Å². The normalized spacial score (nSPS) is 21.3. The molecular formula is C21H30N6O2. The summed E-state index contributed by atoms with van der Waals surface area (Å²) in [6.07, 6.45) is 8.13. The van der Waals surface area contributed by atoms with Gasteiger partial charge in [0, 0.05) is 19.1 Å². The zero-order chi connectivity index (χ0) is 20.1. The predicted octanol–water partition coefficient (Wildman–Crippen LogP) is 2.30.